The minimum atomic E-state index is -0.372. The molecule has 1 aromatic heterocycles. The number of aromatic amines is 1. The number of hydrogen-bond acceptors (Lipinski definition) is 4. The number of carbonyl (C=O) groups is 1. The molecule has 0 bridgehead atoms. The highest BCUT2D eigenvalue weighted by Gasteiger charge is 2.13. The number of nitrogens with zero attached hydrogens (tertiary/aromatic N) is 1. The highest BCUT2D eigenvalue weighted by atomic mass is 16.5. The van der Waals surface area contributed by atoms with Crippen LogP contribution >= 0.6 is 0 Å². The predicted octanol–water partition coefficient (Wildman–Crippen LogP) is 0.733. The minimum Gasteiger partial charge on any atom is -0.462 e. The van der Waals surface area contributed by atoms with E-state index in [4.69, 9.17) is 9.47 Å². The lowest BCUT2D eigenvalue weighted by atomic mass is 10.2. The van der Waals surface area contributed by atoms with Gasteiger partial charge in [0.15, 0.2) is 0 Å². The standard InChI is InChI=1S/C8H12N2O3/c1-3-13-8(11)6-4-9-10-7(6)5-12-2/h4H,3,5H2,1-2H3,(H,9,10). The predicted molar refractivity (Wildman–Crippen MR) is 45.3 cm³/mol. The van der Waals surface area contributed by atoms with E-state index in [9.17, 15) is 4.79 Å². The first-order valence-corrected chi connectivity index (χ1v) is 3.97. The van der Waals surface area contributed by atoms with Gasteiger partial charge in [0, 0.05) is 7.11 Å². The maximum absolute atomic E-state index is 11.3. The van der Waals surface area contributed by atoms with E-state index in [2.05, 4.69) is 10.2 Å². The molecule has 1 N–H and O–H groups in total. The first kappa shape index (κ1) is 9.73. The molecule has 5 heteroatoms. The van der Waals surface area contributed by atoms with E-state index in [0.29, 0.717) is 24.5 Å². The normalized spacial score (nSPS) is 10.0. The average Bonchev–Trinajstić information content (AvgIpc) is 2.54. The molecule has 1 aromatic rings. The number of rotatable bonds is 4. The van der Waals surface area contributed by atoms with Crippen LogP contribution in [0.4, 0.5) is 0 Å². The van der Waals surface area contributed by atoms with Crippen LogP contribution in [0.25, 0.3) is 0 Å². The third kappa shape index (κ3) is 2.29. The smallest absolute Gasteiger partial charge is 0.341 e. The van der Waals surface area contributed by atoms with Gasteiger partial charge in [-0.1, -0.05) is 0 Å². The molecule has 0 saturated heterocycles. The van der Waals surface area contributed by atoms with Gasteiger partial charge in [0.1, 0.15) is 5.56 Å². The van der Waals surface area contributed by atoms with Crippen LogP contribution in [-0.4, -0.2) is 29.9 Å². The monoisotopic (exact) mass is 184 g/mol. The van der Waals surface area contributed by atoms with Crippen molar-refractivity contribution in [3.63, 3.8) is 0 Å². The molecular weight excluding hydrogens is 172 g/mol. The zero-order chi connectivity index (χ0) is 9.68. The Morgan fingerprint density at radius 1 is 1.69 bits per heavy atom. The van der Waals surface area contributed by atoms with Crippen molar-refractivity contribution in [2.45, 2.75) is 13.5 Å². The van der Waals surface area contributed by atoms with E-state index in [1.54, 1.807) is 14.0 Å². The van der Waals surface area contributed by atoms with E-state index in [0.717, 1.165) is 0 Å². The Morgan fingerprint density at radius 2 is 2.46 bits per heavy atom. The summed E-state index contributed by atoms with van der Waals surface area (Å²) in [7, 11) is 1.55. The highest BCUT2D eigenvalue weighted by Crippen LogP contribution is 2.07. The lowest BCUT2D eigenvalue weighted by molar-refractivity contribution is 0.0521. The molecule has 0 radical (unpaired) electrons. The van der Waals surface area contributed by atoms with Crippen molar-refractivity contribution in [2.75, 3.05) is 13.7 Å². The number of methoxy groups -OCH3 is 1. The molecule has 1 rings (SSSR count). The molecule has 0 atom stereocenters. The summed E-state index contributed by atoms with van der Waals surface area (Å²) in [5, 5.41) is 6.41. The van der Waals surface area contributed by atoms with Crippen LogP contribution in [0.2, 0.25) is 0 Å². The zero-order valence-electron chi connectivity index (χ0n) is 7.66. The number of aromatic nitrogens is 2. The highest BCUT2D eigenvalue weighted by molar-refractivity contribution is 5.90. The number of esters is 1. The van der Waals surface area contributed by atoms with Gasteiger partial charge in [-0.2, -0.15) is 5.10 Å². The van der Waals surface area contributed by atoms with Crippen LogP contribution in [0, 0.1) is 0 Å². The third-order valence-electron chi connectivity index (χ3n) is 1.50. The Hall–Kier alpha value is -1.36. The fourth-order valence-corrected chi connectivity index (χ4v) is 0.952. The number of ether oxygens (including phenoxy) is 2. The van der Waals surface area contributed by atoms with Gasteiger partial charge in [-0.15, -0.1) is 0 Å². The maximum atomic E-state index is 11.3. The van der Waals surface area contributed by atoms with Crippen LogP contribution in [0.3, 0.4) is 0 Å². The Kier molecular flexibility index (Phi) is 3.45. The molecule has 0 aliphatic carbocycles. The van der Waals surface area contributed by atoms with E-state index in [-0.39, 0.29) is 5.97 Å². The van der Waals surface area contributed by atoms with Crippen LogP contribution in [-0.2, 0) is 16.1 Å². The summed E-state index contributed by atoms with van der Waals surface area (Å²) < 4.78 is 9.69. The van der Waals surface area contributed by atoms with E-state index in [1.165, 1.54) is 6.20 Å². The second kappa shape index (κ2) is 4.61. The first-order valence-electron chi connectivity index (χ1n) is 3.97. The average molecular weight is 184 g/mol. The largest absolute Gasteiger partial charge is 0.462 e. The Bertz CT molecular complexity index is 283. The van der Waals surface area contributed by atoms with Crippen molar-refractivity contribution in [3.8, 4) is 0 Å². The number of hydrogen-bond donors (Lipinski definition) is 1. The molecule has 0 aliphatic heterocycles. The summed E-state index contributed by atoms with van der Waals surface area (Å²) in [6.45, 7) is 2.44. The second-order valence-corrected chi connectivity index (χ2v) is 2.42. The quantitative estimate of drug-likeness (QED) is 0.701. The zero-order valence-corrected chi connectivity index (χ0v) is 7.66. The molecule has 0 aromatic carbocycles. The summed E-state index contributed by atoms with van der Waals surface area (Å²) in [5.41, 5.74) is 1.07. The van der Waals surface area contributed by atoms with Crippen LogP contribution in [0.5, 0.6) is 0 Å². The molecule has 1 heterocycles. The van der Waals surface area contributed by atoms with Crippen molar-refractivity contribution in [1.82, 2.24) is 10.2 Å². The lowest BCUT2D eigenvalue weighted by Crippen LogP contribution is -2.07. The minimum absolute atomic E-state index is 0.328. The fraction of sp³-hybridized carbons (Fsp3) is 0.500. The number of H-pyrrole nitrogens is 1. The maximum Gasteiger partial charge on any atom is 0.341 e. The second-order valence-electron chi connectivity index (χ2n) is 2.42. The van der Waals surface area contributed by atoms with Crippen molar-refractivity contribution in [2.24, 2.45) is 0 Å². The Labute approximate surface area is 76.0 Å². The van der Waals surface area contributed by atoms with Crippen LogP contribution in [0.15, 0.2) is 6.20 Å². The molecule has 0 amide bonds. The summed E-state index contributed by atoms with van der Waals surface area (Å²) in [5.74, 6) is -0.372. The van der Waals surface area contributed by atoms with Gasteiger partial charge in [-0.25, -0.2) is 4.79 Å². The number of nitrogens with one attached hydrogen (secondary N) is 1. The molecule has 0 saturated carbocycles. The van der Waals surface area contributed by atoms with Gasteiger partial charge in [-0.3, -0.25) is 5.10 Å². The van der Waals surface area contributed by atoms with Crippen molar-refractivity contribution in [3.05, 3.63) is 17.5 Å². The van der Waals surface area contributed by atoms with Crippen LogP contribution < -0.4 is 0 Å². The van der Waals surface area contributed by atoms with Gasteiger partial charge >= 0.3 is 5.97 Å². The van der Waals surface area contributed by atoms with Gasteiger partial charge in [-0.05, 0) is 6.92 Å². The topological polar surface area (TPSA) is 64.2 Å². The first-order chi connectivity index (χ1) is 6.29. The van der Waals surface area contributed by atoms with Crippen molar-refractivity contribution in [1.29, 1.82) is 0 Å². The molecule has 0 aliphatic rings. The lowest BCUT2D eigenvalue weighted by Gasteiger charge is -2.01. The third-order valence-corrected chi connectivity index (χ3v) is 1.50. The molecule has 5 nitrogen and oxygen atoms in total. The van der Waals surface area contributed by atoms with E-state index < -0.39 is 0 Å². The van der Waals surface area contributed by atoms with Gasteiger partial charge < -0.3 is 9.47 Å². The molecule has 0 spiro atoms. The van der Waals surface area contributed by atoms with Crippen LogP contribution in [0.1, 0.15) is 23.0 Å². The Balaban J connectivity index is 2.74. The molecule has 0 unspecified atom stereocenters. The Morgan fingerprint density at radius 3 is 3.08 bits per heavy atom. The van der Waals surface area contributed by atoms with Crippen molar-refractivity contribution < 1.29 is 14.3 Å². The SMILES string of the molecule is CCOC(=O)c1cn[nH]c1COC. The fourth-order valence-electron chi connectivity index (χ4n) is 0.952. The molecule has 0 fully saturated rings. The summed E-state index contributed by atoms with van der Waals surface area (Å²) >= 11 is 0. The van der Waals surface area contributed by atoms with E-state index in [1.807, 2.05) is 0 Å². The van der Waals surface area contributed by atoms with Gasteiger partial charge in [0.25, 0.3) is 0 Å². The molecule has 13 heavy (non-hydrogen) atoms. The van der Waals surface area contributed by atoms with Crippen molar-refractivity contribution >= 4 is 5.97 Å². The summed E-state index contributed by atoms with van der Waals surface area (Å²) in [6, 6.07) is 0. The summed E-state index contributed by atoms with van der Waals surface area (Å²) in [4.78, 5) is 11.3. The van der Waals surface area contributed by atoms with Gasteiger partial charge in [0.2, 0.25) is 0 Å². The van der Waals surface area contributed by atoms with Gasteiger partial charge in [0.05, 0.1) is 25.1 Å². The van der Waals surface area contributed by atoms with E-state index >= 15 is 0 Å². The summed E-state index contributed by atoms with van der Waals surface area (Å²) in [6.07, 6.45) is 1.44. The molecule has 72 valence electrons. The molecular formula is C8H12N2O3. The number of carbonyl (C=O) groups excluding carboxylic acids is 1.